The first kappa shape index (κ1) is 13.2. The van der Waals surface area contributed by atoms with Gasteiger partial charge in [-0.25, -0.2) is 0 Å². The molecule has 0 aliphatic heterocycles. The summed E-state index contributed by atoms with van der Waals surface area (Å²) in [5, 5.41) is 12.2. The number of phenols is 1. The first-order chi connectivity index (χ1) is 8.99. The Hall–Kier alpha value is -2.20. The van der Waals surface area contributed by atoms with E-state index in [0.29, 0.717) is 16.9 Å². The van der Waals surface area contributed by atoms with E-state index in [1.54, 1.807) is 18.2 Å². The highest BCUT2D eigenvalue weighted by molar-refractivity contribution is 6.32. The zero-order chi connectivity index (χ0) is 14.0. The lowest BCUT2D eigenvalue weighted by molar-refractivity contribution is 0.102. The molecule has 4 N–H and O–H groups in total. The molecule has 0 aliphatic carbocycles. The minimum Gasteiger partial charge on any atom is -0.506 e. The summed E-state index contributed by atoms with van der Waals surface area (Å²) < 4.78 is 0. The van der Waals surface area contributed by atoms with Crippen LogP contribution in [0, 0.1) is 6.92 Å². The predicted octanol–water partition coefficient (Wildman–Crippen LogP) is 3.19. The van der Waals surface area contributed by atoms with E-state index in [4.69, 9.17) is 17.3 Å². The van der Waals surface area contributed by atoms with Crippen molar-refractivity contribution in [2.45, 2.75) is 6.92 Å². The van der Waals surface area contributed by atoms with Gasteiger partial charge in [-0.05, 0) is 42.8 Å². The zero-order valence-electron chi connectivity index (χ0n) is 10.3. The van der Waals surface area contributed by atoms with Gasteiger partial charge in [0.1, 0.15) is 5.75 Å². The Morgan fingerprint density at radius 1 is 1.32 bits per heavy atom. The van der Waals surface area contributed by atoms with Crippen molar-refractivity contribution in [1.29, 1.82) is 0 Å². The molecule has 19 heavy (non-hydrogen) atoms. The van der Waals surface area contributed by atoms with Gasteiger partial charge in [-0.3, -0.25) is 4.79 Å². The van der Waals surface area contributed by atoms with Gasteiger partial charge in [0, 0.05) is 16.9 Å². The van der Waals surface area contributed by atoms with Crippen molar-refractivity contribution >= 4 is 28.9 Å². The van der Waals surface area contributed by atoms with E-state index in [0.717, 1.165) is 5.56 Å². The van der Waals surface area contributed by atoms with E-state index in [1.807, 2.05) is 6.92 Å². The van der Waals surface area contributed by atoms with Crippen molar-refractivity contribution in [2.75, 3.05) is 11.1 Å². The van der Waals surface area contributed by atoms with Gasteiger partial charge < -0.3 is 16.2 Å². The molecule has 0 bridgehead atoms. The van der Waals surface area contributed by atoms with Crippen molar-refractivity contribution in [3.05, 3.63) is 52.5 Å². The van der Waals surface area contributed by atoms with Crippen LogP contribution >= 0.6 is 11.6 Å². The number of anilines is 2. The highest BCUT2D eigenvalue weighted by Crippen LogP contribution is 2.25. The van der Waals surface area contributed by atoms with Crippen LogP contribution in [-0.4, -0.2) is 11.0 Å². The molecular formula is C14H13ClN2O2. The maximum atomic E-state index is 12.0. The van der Waals surface area contributed by atoms with Crippen LogP contribution in [0.15, 0.2) is 36.4 Å². The van der Waals surface area contributed by atoms with Crippen molar-refractivity contribution in [1.82, 2.24) is 0 Å². The van der Waals surface area contributed by atoms with Gasteiger partial charge in [0.15, 0.2) is 0 Å². The van der Waals surface area contributed by atoms with Gasteiger partial charge in [-0.1, -0.05) is 17.7 Å². The number of benzene rings is 2. The number of phenolic OH excluding ortho intramolecular Hbond substituents is 1. The van der Waals surface area contributed by atoms with E-state index < -0.39 is 0 Å². The van der Waals surface area contributed by atoms with Crippen LogP contribution in [-0.2, 0) is 0 Å². The number of carbonyl (C=O) groups excluding carboxylic acids is 1. The summed E-state index contributed by atoms with van der Waals surface area (Å²) in [6, 6.07) is 9.59. The number of hydrogen-bond donors (Lipinski definition) is 3. The molecule has 0 fully saturated rings. The average Bonchev–Trinajstić information content (AvgIpc) is 2.38. The zero-order valence-corrected chi connectivity index (χ0v) is 11.0. The van der Waals surface area contributed by atoms with E-state index in [9.17, 15) is 9.90 Å². The highest BCUT2D eigenvalue weighted by atomic mass is 35.5. The van der Waals surface area contributed by atoms with Crippen LogP contribution in [0.4, 0.5) is 11.4 Å². The normalized spacial score (nSPS) is 10.2. The van der Waals surface area contributed by atoms with Crippen LogP contribution in [0.5, 0.6) is 5.75 Å². The van der Waals surface area contributed by atoms with Crippen LogP contribution in [0.3, 0.4) is 0 Å². The minimum atomic E-state index is -0.310. The van der Waals surface area contributed by atoms with E-state index >= 15 is 0 Å². The fourth-order valence-corrected chi connectivity index (χ4v) is 1.81. The number of nitrogens with two attached hydrogens (primary N) is 1. The number of nitrogen functional groups attached to an aromatic ring is 1. The summed E-state index contributed by atoms with van der Waals surface area (Å²) in [5.41, 5.74) is 8.21. The quantitative estimate of drug-likeness (QED) is 0.737. The Morgan fingerprint density at radius 2 is 2.05 bits per heavy atom. The molecule has 0 spiro atoms. The minimum absolute atomic E-state index is 0.0571. The third-order valence-corrected chi connectivity index (χ3v) is 3.14. The number of carbonyl (C=O) groups is 1. The van der Waals surface area contributed by atoms with Gasteiger partial charge in [0.2, 0.25) is 0 Å². The second-order valence-electron chi connectivity index (χ2n) is 4.14. The molecule has 2 aromatic carbocycles. The summed E-state index contributed by atoms with van der Waals surface area (Å²) in [4.78, 5) is 12.0. The molecule has 2 aromatic rings. The summed E-state index contributed by atoms with van der Waals surface area (Å²) in [7, 11) is 0. The van der Waals surface area contributed by atoms with Gasteiger partial charge in [-0.2, -0.15) is 0 Å². The Morgan fingerprint density at radius 3 is 2.74 bits per heavy atom. The molecule has 0 atom stereocenters. The maximum Gasteiger partial charge on any atom is 0.255 e. The number of aromatic hydroxyl groups is 1. The van der Waals surface area contributed by atoms with E-state index in [-0.39, 0.29) is 16.7 Å². The Balaban J connectivity index is 2.26. The molecule has 0 saturated heterocycles. The van der Waals surface area contributed by atoms with Crippen LogP contribution in [0.2, 0.25) is 5.02 Å². The van der Waals surface area contributed by atoms with E-state index in [1.165, 1.54) is 18.2 Å². The second kappa shape index (κ2) is 5.20. The molecule has 2 rings (SSSR count). The molecule has 0 unspecified atom stereocenters. The molecule has 5 heteroatoms. The van der Waals surface area contributed by atoms with Crippen LogP contribution in [0.1, 0.15) is 15.9 Å². The number of amides is 1. The lowest BCUT2D eigenvalue weighted by atomic mass is 10.1. The number of hydrogen-bond acceptors (Lipinski definition) is 3. The van der Waals surface area contributed by atoms with Crippen molar-refractivity contribution < 1.29 is 9.90 Å². The van der Waals surface area contributed by atoms with Gasteiger partial charge in [-0.15, -0.1) is 0 Å². The standard InChI is InChI=1S/C14H13ClN2O2/c1-8-11(16)3-2-4-12(8)17-14(19)9-5-6-13(18)10(15)7-9/h2-7,18H,16H2,1H3,(H,17,19). The van der Waals surface area contributed by atoms with Crippen LogP contribution in [0.25, 0.3) is 0 Å². The first-order valence-corrected chi connectivity index (χ1v) is 6.02. The fourth-order valence-electron chi connectivity index (χ4n) is 1.63. The van der Waals surface area contributed by atoms with Gasteiger partial charge in [0.05, 0.1) is 5.02 Å². The lowest BCUT2D eigenvalue weighted by Crippen LogP contribution is -2.13. The van der Waals surface area contributed by atoms with Crippen LogP contribution < -0.4 is 11.1 Å². The number of nitrogens with one attached hydrogen (secondary N) is 1. The first-order valence-electron chi connectivity index (χ1n) is 5.64. The van der Waals surface area contributed by atoms with Crippen molar-refractivity contribution in [3.8, 4) is 5.75 Å². The summed E-state index contributed by atoms with van der Waals surface area (Å²) in [6.45, 7) is 1.83. The molecule has 0 aliphatic rings. The second-order valence-corrected chi connectivity index (χ2v) is 4.55. The van der Waals surface area contributed by atoms with Gasteiger partial charge >= 0.3 is 0 Å². The molecule has 0 heterocycles. The van der Waals surface area contributed by atoms with Crippen molar-refractivity contribution in [2.24, 2.45) is 0 Å². The fraction of sp³-hybridized carbons (Fsp3) is 0.0714. The van der Waals surface area contributed by atoms with Gasteiger partial charge in [0.25, 0.3) is 5.91 Å². The molecule has 4 nitrogen and oxygen atoms in total. The average molecular weight is 277 g/mol. The molecule has 0 radical (unpaired) electrons. The maximum absolute atomic E-state index is 12.0. The number of halogens is 1. The molecule has 98 valence electrons. The summed E-state index contributed by atoms with van der Waals surface area (Å²) in [6.07, 6.45) is 0. The summed E-state index contributed by atoms with van der Waals surface area (Å²) >= 11 is 5.77. The number of rotatable bonds is 2. The molecule has 0 aromatic heterocycles. The molecular weight excluding hydrogens is 264 g/mol. The smallest absolute Gasteiger partial charge is 0.255 e. The third kappa shape index (κ3) is 2.80. The third-order valence-electron chi connectivity index (χ3n) is 2.83. The largest absolute Gasteiger partial charge is 0.506 e. The Labute approximate surface area is 115 Å². The molecule has 1 amide bonds. The topological polar surface area (TPSA) is 75.3 Å². The Kier molecular flexibility index (Phi) is 3.62. The Bertz CT molecular complexity index is 641. The SMILES string of the molecule is Cc1c(N)cccc1NC(=O)c1ccc(O)c(Cl)c1. The monoisotopic (exact) mass is 276 g/mol. The highest BCUT2D eigenvalue weighted by Gasteiger charge is 2.10. The summed E-state index contributed by atoms with van der Waals surface area (Å²) in [5.74, 6) is -0.367. The predicted molar refractivity (Wildman–Crippen MR) is 76.7 cm³/mol. The van der Waals surface area contributed by atoms with Crippen molar-refractivity contribution in [3.63, 3.8) is 0 Å². The molecule has 0 saturated carbocycles. The van der Waals surface area contributed by atoms with E-state index in [2.05, 4.69) is 5.32 Å². The lowest BCUT2D eigenvalue weighted by Gasteiger charge is -2.10.